The van der Waals surface area contributed by atoms with Crippen molar-refractivity contribution in [3.63, 3.8) is 0 Å². The minimum absolute atomic E-state index is 0.0860. The maximum atomic E-state index is 12.2. The third kappa shape index (κ3) is 6.97. The van der Waals surface area contributed by atoms with Gasteiger partial charge in [-0.2, -0.15) is 0 Å². The molecular weight excluding hydrogens is 410 g/mol. The number of hydrogen-bond acceptors (Lipinski definition) is 6. The second-order valence-electron chi connectivity index (χ2n) is 6.60. The highest BCUT2D eigenvalue weighted by Gasteiger charge is 2.19. The minimum atomic E-state index is -1.04. The summed E-state index contributed by atoms with van der Waals surface area (Å²) in [6.07, 6.45) is 0. The fourth-order valence-electron chi connectivity index (χ4n) is 2.55. The molecule has 9 heteroatoms. The van der Waals surface area contributed by atoms with Crippen LogP contribution in [0.4, 0.5) is 5.69 Å². The van der Waals surface area contributed by atoms with E-state index in [1.54, 1.807) is 36.4 Å². The Kier molecular flexibility index (Phi) is 8.96. The number of anilines is 1. The van der Waals surface area contributed by atoms with Crippen molar-refractivity contribution in [2.75, 3.05) is 18.4 Å². The molecule has 0 heterocycles. The van der Waals surface area contributed by atoms with Gasteiger partial charge in [-0.3, -0.25) is 19.6 Å². The molecular formula is C23H23N5O4. The van der Waals surface area contributed by atoms with Gasteiger partial charge in [0.25, 0.3) is 11.8 Å². The molecule has 0 radical (unpaired) electrons. The zero-order valence-electron chi connectivity index (χ0n) is 17.4. The third-order valence-electron chi connectivity index (χ3n) is 4.28. The molecule has 2 rings (SSSR count). The minimum Gasteiger partial charge on any atom is -0.339 e. The van der Waals surface area contributed by atoms with Crippen LogP contribution in [0.15, 0.2) is 42.5 Å². The Morgan fingerprint density at radius 2 is 1.62 bits per heavy atom. The predicted octanol–water partition coefficient (Wildman–Crippen LogP) is -0.142. The van der Waals surface area contributed by atoms with E-state index in [2.05, 4.69) is 34.3 Å². The largest absolute Gasteiger partial charge is 0.339 e. The van der Waals surface area contributed by atoms with Gasteiger partial charge in [-0.15, -0.1) is 0 Å². The van der Waals surface area contributed by atoms with Crippen molar-refractivity contribution in [2.24, 2.45) is 11.5 Å². The van der Waals surface area contributed by atoms with Gasteiger partial charge in [0.15, 0.2) is 0 Å². The summed E-state index contributed by atoms with van der Waals surface area (Å²) in [6, 6.07) is 10.7. The van der Waals surface area contributed by atoms with Crippen LogP contribution in [0.2, 0.25) is 0 Å². The summed E-state index contributed by atoms with van der Waals surface area (Å²) in [5.74, 6) is 9.73. The number of nitrogens with one attached hydrogen (secondary N) is 3. The molecule has 0 aliphatic carbocycles. The van der Waals surface area contributed by atoms with Crippen LogP contribution < -0.4 is 27.6 Å². The molecule has 0 bridgehead atoms. The molecule has 0 aliphatic rings. The van der Waals surface area contributed by atoms with Crippen molar-refractivity contribution < 1.29 is 19.6 Å². The fourth-order valence-corrected chi connectivity index (χ4v) is 2.55. The van der Waals surface area contributed by atoms with Crippen molar-refractivity contribution in [1.29, 1.82) is 0 Å². The van der Waals surface area contributed by atoms with E-state index < -0.39 is 17.9 Å². The Morgan fingerprint density at radius 3 is 2.19 bits per heavy atom. The van der Waals surface area contributed by atoms with Gasteiger partial charge in [0, 0.05) is 28.9 Å². The number of hydrogen-bond donors (Lipinski definition) is 6. The second kappa shape index (κ2) is 11.9. The van der Waals surface area contributed by atoms with Gasteiger partial charge in [-0.1, -0.05) is 11.8 Å². The van der Waals surface area contributed by atoms with Gasteiger partial charge in [-0.25, -0.2) is 5.48 Å². The average molecular weight is 433 g/mol. The summed E-state index contributed by atoms with van der Waals surface area (Å²) in [5.41, 5.74) is 15.4. The molecule has 8 N–H and O–H groups in total. The summed E-state index contributed by atoms with van der Waals surface area (Å²) in [4.78, 5) is 35.0. The van der Waals surface area contributed by atoms with Crippen LogP contribution in [0.3, 0.4) is 0 Å². The van der Waals surface area contributed by atoms with Gasteiger partial charge >= 0.3 is 0 Å². The zero-order chi connectivity index (χ0) is 23.5. The van der Waals surface area contributed by atoms with Crippen molar-refractivity contribution in [3.8, 4) is 23.7 Å². The van der Waals surface area contributed by atoms with Crippen LogP contribution in [0.1, 0.15) is 27.0 Å². The molecule has 0 unspecified atom stereocenters. The highest BCUT2D eigenvalue weighted by atomic mass is 16.5. The lowest BCUT2D eigenvalue weighted by atomic mass is 10.1. The molecule has 0 aliphatic heterocycles. The number of carbonyl (C=O) groups excluding carboxylic acids is 3. The topological polar surface area (TPSA) is 160 Å². The summed E-state index contributed by atoms with van der Waals surface area (Å²) >= 11 is 0. The first-order valence-corrected chi connectivity index (χ1v) is 9.55. The quantitative estimate of drug-likeness (QED) is 0.211. The highest BCUT2D eigenvalue weighted by Crippen LogP contribution is 2.15. The number of carbonyl (C=O) groups is 3. The molecule has 0 aromatic heterocycles. The Bertz CT molecular complexity index is 1120. The normalized spacial score (nSPS) is 10.5. The molecule has 2 aromatic rings. The molecule has 0 saturated heterocycles. The summed E-state index contributed by atoms with van der Waals surface area (Å²) < 4.78 is 0. The molecule has 0 saturated carbocycles. The van der Waals surface area contributed by atoms with E-state index >= 15 is 0 Å². The molecule has 164 valence electrons. The highest BCUT2D eigenvalue weighted by molar-refractivity contribution is 5.97. The third-order valence-corrected chi connectivity index (χ3v) is 4.28. The smallest absolute Gasteiger partial charge is 0.267 e. The summed E-state index contributed by atoms with van der Waals surface area (Å²) in [5, 5.41) is 13.8. The van der Waals surface area contributed by atoms with Crippen LogP contribution in [0.25, 0.3) is 0 Å². The lowest BCUT2D eigenvalue weighted by Gasteiger charge is -2.14. The van der Waals surface area contributed by atoms with Crippen LogP contribution in [0.5, 0.6) is 0 Å². The van der Waals surface area contributed by atoms with Crippen molar-refractivity contribution in [1.82, 2.24) is 10.8 Å². The first kappa shape index (κ1) is 24.1. The van der Waals surface area contributed by atoms with Gasteiger partial charge in [0.1, 0.15) is 6.04 Å². The standard InChI is InChI=1S/C23H23N5O4/c1-15-12-17(8-11-19(15)26-21(29)14-25)5-3-2-4-16-6-9-18(10-7-16)22(30)27-20(13-24)23(31)28-32/h6-12,20,32H,13-14,24-25H2,1H3,(H,26,29)(H,27,30)(H,28,31)/t20-/m0/s1. The van der Waals surface area contributed by atoms with E-state index in [-0.39, 0.29) is 19.0 Å². The molecule has 3 amide bonds. The Hall–Kier alpha value is -4.15. The predicted molar refractivity (Wildman–Crippen MR) is 119 cm³/mol. The maximum Gasteiger partial charge on any atom is 0.267 e. The van der Waals surface area contributed by atoms with E-state index in [0.29, 0.717) is 16.8 Å². The number of nitrogens with two attached hydrogens (primary N) is 2. The van der Waals surface area contributed by atoms with Crippen molar-refractivity contribution >= 4 is 23.4 Å². The lowest BCUT2D eigenvalue weighted by molar-refractivity contribution is -0.130. The van der Waals surface area contributed by atoms with E-state index in [1.165, 1.54) is 5.48 Å². The van der Waals surface area contributed by atoms with Gasteiger partial charge in [0.05, 0.1) is 6.54 Å². The number of rotatable bonds is 6. The molecule has 1 atom stereocenters. The van der Waals surface area contributed by atoms with E-state index in [0.717, 1.165) is 11.1 Å². The summed E-state index contributed by atoms with van der Waals surface area (Å²) in [7, 11) is 0. The molecule has 0 spiro atoms. The lowest BCUT2D eigenvalue weighted by Crippen LogP contribution is -2.50. The van der Waals surface area contributed by atoms with Gasteiger partial charge in [-0.05, 0) is 66.8 Å². The fraction of sp³-hybridized carbons (Fsp3) is 0.174. The van der Waals surface area contributed by atoms with Gasteiger partial charge < -0.3 is 22.1 Å². The number of hydroxylamine groups is 1. The van der Waals surface area contributed by atoms with Crippen LogP contribution in [0, 0.1) is 30.6 Å². The summed E-state index contributed by atoms with van der Waals surface area (Å²) in [6.45, 7) is 1.61. The maximum absolute atomic E-state index is 12.2. The molecule has 9 nitrogen and oxygen atoms in total. The first-order valence-electron chi connectivity index (χ1n) is 9.55. The van der Waals surface area contributed by atoms with Crippen molar-refractivity contribution in [3.05, 3.63) is 64.7 Å². The van der Waals surface area contributed by atoms with E-state index in [9.17, 15) is 14.4 Å². The Balaban J connectivity index is 2.02. The molecule has 2 aromatic carbocycles. The Morgan fingerprint density at radius 1 is 1.00 bits per heavy atom. The van der Waals surface area contributed by atoms with E-state index in [4.69, 9.17) is 16.7 Å². The van der Waals surface area contributed by atoms with Crippen LogP contribution in [-0.4, -0.2) is 42.1 Å². The number of aryl methyl sites for hydroxylation is 1. The van der Waals surface area contributed by atoms with Crippen LogP contribution in [-0.2, 0) is 9.59 Å². The number of benzene rings is 2. The van der Waals surface area contributed by atoms with Gasteiger partial charge in [0.2, 0.25) is 5.91 Å². The van der Waals surface area contributed by atoms with Crippen molar-refractivity contribution in [2.45, 2.75) is 13.0 Å². The number of amides is 3. The molecule has 0 fully saturated rings. The SMILES string of the molecule is Cc1cc(C#CC#Cc2ccc(C(=O)N[C@@H](CN)C(=O)NO)cc2)ccc1NC(=O)CN. The monoisotopic (exact) mass is 433 g/mol. The second-order valence-corrected chi connectivity index (χ2v) is 6.60. The Labute approximate surface area is 185 Å². The average Bonchev–Trinajstić information content (AvgIpc) is 2.81. The first-order chi connectivity index (χ1) is 15.4. The van der Waals surface area contributed by atoms with E-state index in [1.807, 2.05) is 13.0 Å². The zero-order valence-corrected chi connectivity index (χ0v) is 17.4. The van der Waals surface area contributed by atoms with Crippen LogP contribution >= 0.6 is 0 Å². The molecule has 32 heavy (non-hydrogen) atoms.